The highest BCUT2D eigenvalue weighted by Gasteiger charge is 2.07. The number of aromatic nitrogens is 4. The minimum atomic E-state index is -0.223. The minimum Gasteiger partial charge on any atom is -0.338 e. The molecule has 2 heterocycles. The lowest BCUT2D eigenvalue weighted by molar-refractivity contribution is 0.252. The first kappa shape index (κ1) is 15.8. The van der Waals surface area contributed by atoms with Crippen LogP contribution >= 0.6 is 0 Å². The molecule has 3 aromatic rings. The summed E-state index contributed by atoms with van der Waals surface area (Å²) < 4.78 is 3.72. The molecule has 7 heteroatoms. The molecule has 2 amide bonds. The fourth-order valence-electron chi connectivity index (χ4n) is 2.44. The summed E-state index contributed by atoms with van der Waals surface area (Å²) >= 11 is 0. The topological polar surface area (TPSA) is 76.8 Å². The van der Waals surface area contributed by atoms with Crippen molar-refractivity contribution in [1.29, 1.82) is 0 Å². The number of amides is 2. The Kier molecular flexibility index (Phi) is 4.60. The van der Waals surface area contributed by atoms with Crippen molar-refractivity contribution < 1.29 is 4.79 Å². The van der Waals surface area contributed by atoms with Crippen molar-refractivity contribution in [2.75, 3.05) is 11.9 Å². The monoisotopic (exact) mass is 324 g/mol. The van der Waals surface area contributed by atoms with Crippen LogP contribution in [0.5, 0.6) is 0 Å². The van der Waals surface area contributed by atoms with Gasteiger partial charge in [0.2, 0.25) is 0 Å². The highest BCUT2D eigenvalue weighted by Crippen LogP contribution is 2.18. The van der Waals surface area contributed by atoms with E-state index in [-0.39, 0.29) is 6.03 Å². The molecule has 0 aliphatic heterocycles. The lowest BCUT2D eigenvalue weighted by Gasteiger charge is -2.11. The summed E-state index contributed by atoms with van der Waals surface area (Å²) in [5, 5.41) is 9.91. The van der Waals surface area contributed by atoms with Crippen molar-refractivity contribution in [2.45, 2.75) is 13.3 Å². The molecule has 0 aliphatic carbocycles. The predicted octanol–water partition coefficient (Wildman–Crippen LogP) is 2.28. The van der Waals surface area contributed by atoms with Gasteiger partial charge < -0.3 is 15.2 Å². The normalized spacial score (nSPS) is 10.6. The molecule has 24 heavy (non-hydrogen) atoms. The lowest BCUT2D eigenvalue weighted by Crippen LogP contribution is -2.31. The molecule has 124 valence electrons. The summed E-state index contributed by atoms with van der Waals surface area (Å²) in [6.07, 6.45) is 7.94. The Morgan fingerprint density at radius 2 is 2.12 bits per heavy atom. The number of imidazole rings is 1. The van der Waals surface area contributed by atoms with Gasteiger partial charge in [-0.1, -0.05) is 0 Å². The smallest absolute Gasteiger partial charge is 0.319 e. The molecule has 0 radical (unpaired) electrons. The Morgan fingerprint density at radius 3 is 2.79 bits per heavy atom. The molecule has 0 saturated carbocycles. The molecule has 0 bridgehead atoms. The van der Waals surface area contributed by atoms with E-state index in [9.17, 15) is 4.79 Å². The molecule has 0 fully saturated rings. The van der Waals surface area contributed by atoms with E-state index < -0.39 is 0 Å². The van der Waals surface area contributed by atoms with Crippen LogP contribution in [0.1, 0.15) is 11.4 Å². The first-order chi connectivity index (χ1) is 11.6. The summed E-state index contributed by atoms with van der Waals surface area (Å²) in [5.74, 6) is 0.940. The molecule has 0 aliphatic rings. The Bertz CT molecular complexity index is 821. The maximum Gasteiger partial charge on any atom is 0.319 e. The highest BCUT2D eigenvalue weighted by atomic mass is 16.2. The zero-order valence-corrected chi connectivity index (χ0v) is 13.7. The van der Waals surface area contributed by atoms with Gasteiger partial charge in [0.25, 0.3) is 0 Å². The number of hydrogen-bond acceptors (Lipinski definition) is 3. The van der Waals surface area contributed by atoms with Crippen molar-refractivity contribution in [3.05, 3.63) is 60.4 Å². The molecule has 2 aromatic heterocycles. The van der Waals surface area contributed by atoms with Crippen molar-refractivity contribution in [1.82, 2.24) is 24.6 Å². The van der Waals surface area contributed by atoms with E-state index in [1.165, 1.54) is 0 Å². The molecule has 0 unspecified atom stereocenters. The SMILES string of the molecule is Cc1cc(-n2cccn2)ccc1NC(=O)NCCc1nccn1C. The first-order valence-corrected chi connectivity index (χ1v) is 7.75. The van der Waals surface area contributed by atoms with Crippen LogP contribution in [0.4, 0.5) is 10.5 Å². The van der Waals surface area contributed by atoms with Crippen LogP contribution in [-0.4, -0.2) is 31.9 Å². The second kappa shape index (κ2) is 6.99. The van der Waals surface area contributed by atoms with Gasteiger partial charge in [0.1, 0.15) is 5.82 Å². The summed E-state index contributed by atoms with van der Waals surface area (Å²) in [7, 11) is 1.94. The molecule has 7 nitrogen and oxygen atoms in total. The van der Waals surface area contributed by atoms with Crippen LogP contribution in [-0.2, 0) is 13.5 Å². The van der Waals surface area contributed by atoms with E-state index in [0.29, 0.717) is 13.0 Å². The standard InChI is InChI=1S/C17H20N6O/c1-13-12-14(23-10-3-7-20-23)4-5-15(13)21-17(24)19-8-6-16-18-9-11-22(16)2/h3-5,7,9-12H,6,8H2,1-2H3,(H2,19,21,24). The molecule has 3 rings (SSSR count). The van der Waals surface area contributed by atoms with Crippen LogP contribution < -0.4 is 10.6 Å². The zero-order valence-electron chi connectivity index (χ0n) is 13.7. The van der Waals surface area contributed by atoms with Gasteiger partial charge in [-0.3, -0.25) is 0 Å². The highest BCUT2D eigenvalue weighted by molar-refractivity contribution is 5.90. The van der Waals surface area contributed by atoms with E-state index in [1.54, 1.807) is 17.1 Å². The van der Waals surface area contributed by atoms with Gasteiger partial charge in [-0.2, -0.15) is 5.10 Å². The Balaban J connectivity index is 1.55. The van der Waals surface area contributed by atoms with Gasteiger partial charge in [-0.25, -0.2) is 14.5 Å². The fourth-order valence-corrected chi connectivity index (χ4v) is 2.44. The lowest BCUT2D eigenvalue weighted by atomic mass is 10.2. The third-order valence-corrected chi connectivity index (χ3v) is 3.78. The van der Waals surface area contributed by atoms with Crippen LogP contribution in [0.3, 0.4) is 0 Å². The summed E-state index contributed by atoms with van der Waals surface area (Å²) in [6.45, 7) is 2.48. The van der Waals surface area contributed by atoms with Gasteiger partial charge in [0, 0.05) is 50.5 Å². The Labute approximate surface area is 140 Å². The number of aryl methyl sites for hydroxylation is 2. The maximum atomic E-state index is 12.0. The van der Waals surface area contributed by atoms with E-state index in [1.807, 2.05) is 55.2 Å². The quantitative estimate of drug-likeness (QED) is 0.756. The van der Waals surface area contributed by atoms with E-state index >= 15 is 0 Å². The van der Waals surface area contributed by atoms with Gasteiger partial charge in [-0.05, 0) is 36.8 Å². The number of nitrogens with one attached hydrogen (secondary N) is 2. The van der Waals surface area contributed by atoms with Crippen LogP contribution in [0, 0.1) is 6.92 Å². The van der Waals surface area contributed by atoms with Crippen molar-refractivity contribution in [3.8, 4) is 5.69 Å². The number of urea groups is 1. The summed E-state index contributed by atoms with van der Waals surface area (Å²) in [4.78, 5) is 16.3. The molecule has 0 saturated heterocycles. The van der Waals surface area contributed by atoms with Crippen molar-refractivity contribution in [3.63, 3.8) is 0 Å². The number of anilines is 1. The fraction of sp³-hybridized carbons (Fsp3) is 0.235. The predicted molar refractivity (Wildman–Crippen MR) is 92.2 cm³/mol. The number of rotatable bonds is 5. The number of hydrogen-bond donors (Lipinski definition) is 2. The Morgan fingerprint density at radius 1 is 1.25 bits per heavy atom. The third kappa shape index (κ3) is 3.62. The average Bonchev–Trinajstić information content (AvgIpc) is 3.22. The van der Waals surface area contributed by atoms with Crippen molar-refractivity contribution >= 4 is 11.7 Å². The van der Waals surface area contributed by atoms with E-state index in [4.69, 9.17) is 0 Å². The van der Waals surface area contributed by atoms with Gasteiger partial charge >= 0.3 is 6.03 Å². The average molecular weight is 324 g/mol. The summed E-state index contributed by atoms with van der Waals surface area (Å²) in [5.41, 5.74) is 2.71. The van der Waals surface area contributed by atoms with Crippen LogP contribution in [0.25, 0.3) is 5.69 Å². The van der Waals surface area contributed by atoms with Crippen LogP contribution in [0.2, 0.25) is 0 Å². The molecule has 2 N–H and O–H groups in total. The van der Waals surface area contributed by atoms with E-state index in [0.717, 1.165) is 22.8 Å². The third-order valence-electron chi connectivity index (χ3n) is 3.78. The first-order valence-electron chi connectivity index (χ1n) is 7.75. The number of carbonyl (C=O) groups is 1. The van der Waals surface area contributed by atoms with Gasteiger partial charge in [-0.15, -0.1) is 0 Å². The second-order valence-electron chi connectivity index (χ2n) is 5.54. The largest absolute Gasteiger partial charge is 0.338 e. The number of benzene rings is 1. The number of nitrogens with zero attached hydrogens (tertiary/aromatic N) is 4. The molecule has 0 spiro atoms. The molecule has 0 atom stereocenters. The molecule has 1 aromatic carbocycles. The zero-order chi connectivity index (χ0) is 16.9. The molecular formula is C17H20N6O. The van der Waals surface area contributed by atoms with E-state index in [2.05, 4.69) is 20.7 Å². The summed E-state index contributed by atoms with van der Waals surface area (Å²) in [6, 6.07) is 7.43. The van der Waals surface area contributed by atoms with Crippen molar-refractivity contribution in [2.24, 2.45) is 7.05 Å². The Hall–Kier alpha value is -3.09. The number of carbonyl (C=O) groups excluding carboxylic acids is 1. The van der Waals surface area contributed by atoms with Gasteiger partial charge in [0.05, 0.1) is 5.69 Å². The minimum absolute atomic E-state index is 0.223. The molecular weight excluding hydrogens is 304 g/mol. The maximum absolute atomic E-state index is 12.0. The van der Waals surface area contributed by atoms with Crippen LogP contribution in [0.15, 0.2) is 49.1 Å². The second-order valence-corrected chi connectivity index (χ2v) is 5.54. The van der Waals surface area contributed by atoms with Gasteiger partial charge in [0.15, 0.2) is 0 Å².